The number of Topliss-reactive ketones (excluding diaryl/α,β-unsaturated/α-hetero) is 1. The maximum absolute atomic E-state index is 12.4. The number of aromatic nitrogens is 3. The molecule has 0 saturated heterocycles. The summed E-state index contributed by atoms with van der Waals surface area (Å²) in [4.78, 5) is 24.6. The molecule has 0 fully saturated rings. The van der Waals surface area contributed by atoms with Crippen molar-refractivity contribution in [3.05, 3.63) is 69.5 Å². The van der Waals surface area contributed by atoms with Gasteiger partial charge in [0.05, 0.1) is 10.8 Å². The van der Waals surface area contributed by atoms with Crippen molar-refractivity contribution in [1.82, 2.24) is 14.8 Å². The smallest absolute Gasteiger partial charge is 0.224 e. The number of hydrogen-bond donors (Lipinski definition) is 1. The van der Waals surface area contributed by atoms with E-state index in [9.17, 15) is 9.59 Å². The minimum atomic E-state index is -0.122. The molecule has 1 amide bonds. The maximum Gasteiger partial charge on any atom is 0.224 e. The summed E-state index contributed by atoms with van der Waals surface area (Å²) in [5, 5.41) is 12.6. The summed E-state index contributed by atoms with van der Waals surface area (Å²) in [6, 6.07) is 12.4. The van der Waals surface area contributed by atoms with Crippen molar-refractivity contribution in [2.75, 3.05) is 11.1 Å². The van der Waals surface area contributed by atoms with Crippen LogP contribution in [0.1, 0.15) is 28.2 Å². The first-order chi connectivity index (χ1) is 14.3. The Balaban J connectivity index is 1.54. The van der Waals surface area contributed by atoms with Gasteiger partial charge < -0.3 is 9.88 Å². The molecule has 9 heteroatoms. The number of amides is 1. The molecule has 0 spiro atoms. The lowest BCUT2D eigenvalue weighted by molar-refractivity contribution is -0.116. The van der Waals surface area contributed by atoms with Gasteiger partial charge in [-0.2, -0.15) is 0 Å². The molecule has 0 bridgehead atoms. The van der Waals surface area contributed by atoms with Crippen LogP contribution in [-0.4, -0.2) is 32.2 Å². The summed E-state index contributed by atoms with van der Waals surface area (Å²) in [5.74, 6) is 0.629. The van der Waals surface area contributed by atoms with E-state index in [1.807, 2.05) is 38.2 Å². The molecule has 0 saturated carbocycles. The van der Waals surface area contributed by atoms with E-state index in [1.54, 1.807) is 22.8 Å². The van der Waals surface area contributed by atoms with Crippen molar-refractivity contribution in [2.45, 2.75) is 24.9 Å². The standard InChI is InChI=1S/C21H20Cl2N4O2S/c1-13-4-3-5-15(10-13)24-20(29)9-8-19-25-26-21(27(19)2)30-12-18(28)16-7-6-14(22)11-17(16)23/h3-7,10-11H,8-9,12H2,1-2H3,(H,24,29). The fraction of sp³-hybridized carbons (Fsp3) is 0.238. The Morgan fingerprint density at radius 3 is 2.67 bits per heavy atom. The molecule has 3 rings (SSSR count). The number of halogens is 2. The van der Waals surface area contributed by atoms with Gasteiger partial charge in [0.1, 0.15) is 5.82 Å². The molecule has 0 atom stereocenters. The number of aryl methyl sites for hydroxylation is 2. The van der Waals surface area contributed by atoms with Gasteiger partial charge in [0.25, 0.3) is 0 Å². The molecule has 1 aromatic heterocycles. The van der Waals surface area contributed by atoms with Gasteiger partial charge in [-0.25, -0.2) is 0 Å². The average Bonchev–Trinajstić information content (AvgIpc) is 3.04. The first-order valence-corrected chi connectivity index (χ1v) is 10.9. The fourth-order valence-corrected chi connectivity index (χ4v) is 4.11. The normalized spacial score (nSPS) is 10.8. The van der Waals surface area contributed by atoms with Crippen LogP contribution in [-0.2, 0) is 18.3 Å². The van der Waals surface area contributed by atoms with Crippen LogP contribution in [0, 0.1) is 6.92 Å². The Morgan fingerprint density at radius 2 is 1.93 bits per heavy atom. The first kappa shape index (κ1) is 22.3. The van der Waals surface area contributed by atoms with Crippen molar-refractivity contribution in [1.29, 1.82) is 0 Å². The van der Waals surface area contributed by atoms with Crippen LogP contribution in [0.4, 0.5) is 5.69 Å². The molecule has 6 nitrogen and oxygen atoms in total. The van der Waals surface area contributed by atoms with E-state index in [2.05, 4.69) is 15.5 Å². The van der Waals surface area contributed by atoms with Crippen molar-refractivity contribution in [3.63, 3.8) is 0 Å². The highest BCUT2D eigenvalue weighted by Crippen LogP contribution is 2.24. The second-order valence-corrected chi connectivity index (χ2v) is 8.50. The Morgan fingerprint density at radius 1 is 1.13 bits per heavy atom. The number of nitrogens with one attached hydrogen (secondary N) is 1. The lowest BCUT2D eigenvalue weighted by Gasteiger charge is -2.07. The number of carbonyl (C=O) groups is 2. The molecule has 1 N–H and O–H groups in total. The van der Waals surface area contributed by atoms with Crippen LogP contribution in [0.3, 0.4) is 0 Å². The monoisotopic (exact) mass is 462 g/mol. The number of rotatable bonds is 8. The first-order valence-electron chi connectivity index (χ1n) is 9.19. The van der Waals surface area contributed by atoms with Crippen LogP contribution in [0.15, 0.2) is 47.6 Å². The predicted octanol–water partition coefficient (Wildman–Crippen LogP) is 4.98. The summed E-state index contributed by atoms with van der Waals surface area (Å²) >= 11 is 13.2. The van der Waals surface area contributed by atoms with E-state index in [4.69, 9.17) is 23.2 Å². The molecular formula is C21H20Cl2N4O2S. The van der Waals surface area contributed by atoms with E-state index in [0.29, 0.717) is 33.0 Å². The predicted molar refractivity (Wildman–Crippen MR) is 121 cm³/mol. The number of hydrogen-bond acceptors (Lipinski definition) is 5. The molecule has 156 valence electrons. The zero-order valence-corrected chi connectivity index (χ0v) is 18.8. The van der Waals surface area contributed by atoms with Crippen LogP contribution in [0.5, 0.6) is 0 Å². The zero-order chi connectivity index (χ0) is 21.7. The number of nitrogens with zero attached hydrogens (tertiary/aromatic N) is 3. The van der Waals surface area contributed by atoms with Gasteiger partial charge in [0.15, 0.2) is 10.9 Å². The molecular weight excluding hydrogens is 443 g/mol. The third-order valence-corrected chi connectivity index (χ3v) is 5.93. The van der Waals surface area contributed by atoms with Crippen LogP contribution >= 0.6 is 35.0 Å². The van der Waals surface area contributed by atoms with Gasteiger partial charge in [-0.15, -0.1) is 10.2 Å². The SMILES string of the molecule is Cc1cccc(NC(=O)CCc2nnc(SCC(=O)c3ccc(Cl)cc3Cl)n2C)c1. The van der Waals surface area contributed by atoms with Gasteiger partial charge in [0.2, 0.25) is 5.91 Å². The quantitative estimate of drug-likeness (QED) is 0.377. The van der Waals surface area contributed by atoms with Gasteiger partial charge in [-0.1, -0.05) is 47.1 Å². The zero-order valence-electron chi connectivity index (χ0n) is 16.5. The molecule has 0 unspecified atom stereocenters. The summed E-state index contributed by atoms with van der Waals surface area (Å²) < 4.78 is 1.79. The van der Waals surface area contributed by atoms with Crippen LogP contribution in [0.25, 0.3) is 0 Å². The second-order valence-electron chi connectivity index (χ2n) is 6.71. The minimum Gasteiger partial charge on any atom is -0.326 e. The topological polar surface area (TPSA) is 76.9 Å². The Hall–Kier alpha value is -2.35. The van der Waals surface area contributed by atoms with E-state index in [1.165, 1.54) is 11.8 Å². The number of anilines is 1. The Labute approximate surface area is 189 Å². The fourth-order valence-electron chi connectivity index (χ4n) is 2.78. The third kappa shape index (κ3) is 5.84. The number of benzene rings is 2. The van der Waals surface area contributed by atoms with Gasteiger partial charge in [-0.3, -0.25) is 9.59 Å². The largest absolute Gasteiger partial charge is 0.326 e. The minimum absolute atomic E-state index is 0.0923. The molecule has 0 aliphatic heterocycles. The molecule has 30 heavy (non-hydrogen) atoms. The average molecular weight is 463 g/mol. The molecule has 1 heterocycles. The van der Waals surface area contributed by atoms with Gasteiger partial charge in [0, 0.05) is 36.2 Å². The number of carbonyl (C=O) groups excluding carboxylic acids is 2. The molecule has 3 aromatic rings. The van der Waals surface area contributed by atoms with E-state index in [0.717, 1.165) is 11.3 Å². The highest BCUT2D eigenvalue weighted by Gasteiger charge is 2.15. The Bertz CT molecular complexity index is 1080. The highest BCUT2D eigenvalue weighted by molar-refractivity contribution is 7.99. The molecule has 0 radical (unpaired) electrons. The lowest BCUT2D eigenvalue weighted by Crippen LogP contribution is -2.13. The second kappa shape index (κ2) is 10.1. The summed E-state index contributed by atoms with van der Waals surface area (Å²) in [6.45, 7) is 1.97. The van der Waals surface area contributed by atoms with Crippen LogP contribution < -0.4 is 5.32 Å². The van der Waals surface area contributed by atoms with Crippen molar-refractivity contribution in [2.24, 2.45) is 7.05 Å². The van der Waals surface area contributed by atoms with E-state index in [-0.39, 0.29) is 23.9 Å². The highest BCUT2D eigenvalue weighted by atomic mass is 35.5. The Kier molecular flexibility index (Phi) is 7.53. The van der Waals surface area contributed by atoms with Crippen LogP contribution in [0.2, 0.25) is 10.0 Å². The lowest BCUT2D eigenvalue weighted by atomic mass is 10.1. The van der Waals surface area contributed by atoms with Crippen molar-refractivity contribution in [3.8, 4) is 0 Å². The summed E-state index contributed by atoms with van der Waals surface area (Å²) in [5.41, 5.74) is 2.27. The summed E-state index contributed by atoms with van der Waals surface area (Å²) in [7, 11) is 1.82. The van der Waals surface area contributed by atoms with E-state index >= 15 is 0 Å². The number of ketones is 1. The van der Waals surface area contributed by atoms with Crippen molar-refractivity contribution >= 4 is 52.3 Å². The van der Waals surface area contributed by atoms with Gasteiger partial charge >= 0.3 is 0 Å². The van der Waals surface area contributed by atoms with Gasteiger partial charge in [-0.05, 0) is 42.8 Å². The maximum atomic E-state index is 12.4. The summed E-state index contributed by atoms with van der Waals surface area (Å²) in [6.07, 6.45) is 0.725. The van der Waals surface area contributed by atoms with Crippen molar-refractivity contribution < 1.29 is 9.59 Å². The number of thioether (sulfide) groups is 1. The van der Waals surface area contributed by atoms with E-state index < -0.39 is 0 Å². The molecule has 0 aliphatic carbocycles. The molecule has 2 aromatic carbocycles. The third-order valence-electron chi connectivity index (χ3n) is 4.37. The molecule has 0 aliphatic rings.